The van der Waals surface area contributed by atoms with Crippen LogP contribution in [0.5, 0.6) is 0 Å². The van der Waals surface area contributed by atoms with Crippen molar-refractivity contribution in [3.8, 4) is 0 Å². The van der Waals surface area contributed by atoms with Crippen LogP contribution < -0.4 is 11.3 Å². The summed E-state index contributed by atoms with van der Waals surface area (Å²) in [7, 11) is 1.67. The van der Waals surface area contributed by atoms with Gasteiger partial charge in [0.1, 0.15) is 0 Å². The number of rotatable bonds is 6. The van der Waals surface area contributed by atoms with E-state index in [0.29, 0.717) is 11.6 Å². The van der Waals surface area contributed by atoms with Crippen molar-refractivity contribution in [3.63, 3.8) is 0 Å². The Morgan fingerprint density at radius 1 is 1.67 bits per heavy atom. The van der Waals surface area contributed by atoms with Crippen LogP contribution in [0.3, 0.4) is 0 Å². The number of ether oxygens (including phenoxy) is 1. The summed E-state index contributed by atoms with van der Waals surface area (Å²) in [5.74, 6) is 5.45. The molecule has 3 N–H and O–H groups in total. The molecule has 1 heterocycles. The number of aromatic nitrogens is 1. The third-order valence-electron chi connectivity index (χ3n) is 2.23. The summed E-state index contributed by atoms with van der Waals surface area (Å²) in [6.45, 7) is 0.678. The molecule has 0 saturated carbocycles. The molecular formula is C10H16ClN3O. The van der Waals surface area contributed by atoms with Crippen LogP contribution in [0, 0.1) is 0 Å². The highest BCUT2D eigenvalue weighted by Gasteiger charge is 2.09. The lowest BCUT2D eigenvalue weighted by Crippen LogP contribution is -2.37. The topological polar surface area (TPSA) is 60.2 Å². The molecule has 1 aromatic rings. The first-order valence-electron chi connectivity index (χ1n) is 4.81. The molecule has 1 aromatic heterocycles. The van der Waals surface area contributed by atoms with E-state index in [1.54, 1.807) is 19.5 Å². The van der Waals surface area contributed by atoms with Crippen LogP contribution >= 0.6 is 11.6 Å². The zero-order chi connectivity index (χ0) is 11.1. The Balaban J connectivity index is 2.54. The van der Waals surface area contributed by atoms with Gasteiger partial charge in [-0.3, -0.25) is 16.3 Å². The Hall–Kier alpha value is -0.680. The number of nitrogens with one attached hydrogen (secondary N) is 1. The SMILES string of the molecule is COCCC(Cc1ccncc1Cl)NN. The van der Waals surface area contributed by atoms with Crippen LogP contribution in [0.1, 0.15) is 12.0 Å². The first-order chi connectivity index (χ1) is 7.27. The predicted octanol–water partition coefficient (Wildman–Crippen LogP) is 1.15. The Morgan fingerprint density at radius 3 is 3.07 bits per heavy atom. The van der Waals surface area contributed by atoms with Crippen LogP contribution in [0.2, 0.25) is 5.02 Å². The van der Waals surface area contributed by atoms with E-state index in [1.807, 2.05) is 6.07 Å². The number of nitrogens with zero attached hydrogens (tertiary/aromatic N) is 1. The molecule has 0 fully saturated rings. The third-order valence-corrected chi connectivity index (χ3v) is 2.57. The summed E-state index contributed by atoms with van der Waals surface area (Å²) in [6.07, 6.45) is 5.00. The summed E-state index contributed by atoms with van der Waals surface area (Å²) >= 11 is 6.00. The highest BCUT2D eigenvalue weighted by atomic mass is 35.5. The van der Waals surface area contributed by atoms with Crippen LogP contribution in [0.15, 0.2) is 18.5 Å². The van der Waals surface area contributed by atoms with Crippen LogP contribution in [0.4, 0.5) is 0 Å². The standard InChI is InChI=1S/C10H16ClN3O/c1-15-5-3-9(14-12)6-8-2-4-13-7-10(8)11/h2,4,7,9,14H,3,5-6,12H2,1H3. The van der Waals surface area contributed by atoms with Gasteiger partial charge in [-0.1, -0.05) is 11.6 Å². The van der Waals surface area contributed by atoms with Gasteiger partial charge < -0.3 is 4.74 Å². The van der Waals surface area contributed by atoms with Crippen LogP contribution in [-0.4, -0.2) is 24.7 Å². The number of hydrogen-bond donors (Lipinski definition) is 2. The first kappa shape index (κ1) is 12.4. The summed E-state index contributed by atoms with van der Waals surface area (Å²) < 4.78 is 5.00. The van der Waals surface area contributed by atoms with E-state index in [4.69, 9.17) is 22.2 Å². The fourth-order valence-electron chi connectivity index (χ4n) is 1.34. The summed E-state index contributed by atoms with van der Waals surface area (Å²) in [6, 6.07) is 2.07. The van der Waals surface area contributed by atoms with E-state index in [9.17, 15) is 0 Å². The lowest BCUT2D eigenvalue weighted by atomic mass is 10.1. The molecule has 0 aliphatic heterocycles. The third kappa shape index (κ3) is 4.13. The van der Waals surface area contributed by atoms with Crippen molar-refractivity contribution in [2.45, 2.75) is 18.9 Å². The first-order valence-corrected chi connectivity index (χ1v) is 5.19. The molecule has 1 atom stereocenters. The molecule has 0 bridgehead atoms. The summed E-state index contributed by atoms with van der Waals surface area (Å²) in [4.78, 5) is 3.93. The Bertz CT molecular complexity index is 296. The molecule has 15 heavy (non-hydrogen) atoms. The number of hydrazine groups is 1. The summed E-state index contributed by atoms with van der Waals surface area (Å²) in [5, 5.41) is 0.676. The van der Waals surface area contributed by atoms with E-state index in [2.05, 4.69) is 10.4 Å². The number of halogens is 1. The maximum Gasteiger partial charge on any atom is 0.0621 e. The molecule has 1 rings (SSSR count). The van der Waals surface area contributed by atoms with Gasteiger partial charge in [-0.15, -0.1) is 0 Å². The van der Waals surface area contributed by atoms with Crippen molar-refractivity contribution in [2.24, 2.45) is 5.84 Å². The minimum atomic E-state index is 0.171. The van der Waals surface area contributed by atoms with Gasteiger partial charge in [-0.25, -0.2) is 0 Å². The number of pyridine rings is 1. The van der Waals surface area contributed by atoms with E-state index in [0.717, 1.165) is 18.4 Å². The van der Waals surface area contributed by atoms with Gasteiger partial charge in [0.05, 0.1) is 5.02 Å². The highest BCUT2D eigenvalue weighted by molar-refractivity contribution is 6.31. The zero-order valence-corrected chi connectivity index (χ0v) is 9.50. The highest BCUT2D eigenvalue weighted by Crippen LogP contribution is 2.15. The van der Waals surface area contributed by atoms with E-state index in [1.165, 1.54) is 0 Å². The molecule has 0 aliphatic carbocycles. The van der Waals surface area contributed by atoms with Crippen LogP contribution in [0.25, 0.3) is 0 Å². The van der Waals surface area contributed by atoms with Gasteiger partial charge in [0.25, 0.3) is 0 Å². The average molecular weight is 230 g/mol. The second-order valence-corrected chi connectivity index (χ2v) is 3.72. The molecular weight excluding hydrogens is 214 g/mol. The molecule has 0 radical (unpaired) electrons. The number of hydrogen-bond acceptors (Lipinski definition) is 4. The van der Waals surface area contributed by atoms with E-state index < -0.39 is 0 Å². The van der Waals surface area contributed by atoms with Crippen LogP contribution in [-0.2, 0) is 11.2 Å². The van der Waals surface area contributed by atoms with Crippen molar-refractivity contribution in [2.75, 3.05) is 13.7 Å². The van der Waals surface area contributed by atoms with Crippen molar-refractivity contribution in [3.05, 3.63) is 29.0 Å². The molecule has 0 aliphatic rings. The van der Waals surface area contributed by atoms with Gasteiger partial charge in [0, 0.05) is 32.2 Å². The molecule has 4 nitrogen and oxygen atoms in total. The fraction of sp³-hybridized carbons (Fsp3) is 0.500. The smallest absolute Gasteiger partial charge is 0.0621 e. The van der Waals surface area contributed by atoms with Gasteiger partial charge in [0.2, 0.25) is 0 Å². The Kier molecular flexibility index (Phi) is 5.57. The molecule has 0 saturated heterocycles. The predicted molar refractivity (Wildman–Crippen MR) is 60.6 cm³/mol. The average Bonchev–Trinajstić information content (AvgIpc) is 2.26. The van der Waals surface area contributed by atoms with Gasteiger partial charge in [0.15, 0.2) is 0 Å². The molecule has 0 amide bonds. The molecule has 0 aromatic carbocycles. The van der Waals surface area contributed by atoms with E-state index >= 15 is 0 Å². The lowest BCUT2D eigenvalue weighted by molar-refractivity contribution is 0.182. The Labute approximate surface area is 94.8 Å². The molecule has 5 heteroatoms. The van der Waals surface area contributed by atoms with Crippen molar-refractivity contribution < 1.29 is 4.74 Å². The fourth-order valence-corrected chi connectivity index (χ4v) is 1.54. The zero-order valence-electron chi connectivity index (χ0n) is 8.74. The summed E-state index contributed by atoms with van der Waals surface area (Å²) in [5.41, 5.74) is 3.80. The van der Waals surface area contributed by atoms with Crippen molar-refractivity contribution >= 4 is 11.6 Å². The molecule has 1 unspecified atom stereocenters. The molecule has 84 valence electrons. The second-order valence-electron chi connectivity index (χ2n) is 3.32. The molecule has 0 spiro atoms. The Morgan fingerprint density at radius 2 is 2.47 bits per heavy atom. The van der Waals surface area contributed by atoms with Gasteiger partial charge >= 0.3 is 0 Å². The maximum absolute atomic E-state index is 6.00. The van der Waals surface area contributed by atoms with Gasteiger partial charge in [-0.05, 0) is 24.5 Å². The maximum atomic E-state index is 6.00. The van der Waals surface area contributed by atoms with Gasteiger partial charge in [-0.2, -0.15) is 0 Å². The monoisotopic (exact) mass is 229 g/mol. The largest absolute Gasteiger partial charge is 0.385 e. The quantitative estimate of drug-likeness (QED) is 0.568. The second kappa shape index (κ2) is 6.74. The minimum Gasteiger partial charge on any atom is -0.385 e. The number of methoxy groups -OCH3 is 1. The van der Waals surface area contributed by atoms with Crippen molar-refractivity contribution in [1.29, 1.82) is 0 Å². The number of nitrogens with two attached hydrogens (primary N) is 1. The minimum absolute atomic E-state index is 0.171. The normalized spacial score (nSPS) is 12.7. The van der Waals surface area contributed by atoms with Crippen molar-refractivity contribution in [1.82, 2.24) is 10.4 Å². The lowest BCUT2D eigenvalue weighted by Gasteiger charge is -2.15. The van der Waals surface area contributed by atoms with E-state index in [-0.39, 0.29) is 6.04 Å².